The predicted octanol–water partition coefficient (Wildman–Crippen LogP) is 4.50. The van der Waals surface area contributed by atoms with Gasteiger partial charge in [-0.25, -0.2) is 8.42 Å². The second kappa shape index (κ2) is 11.4. The highest BCUT2D eigenvalue weighted by Gasteiger charge is 2.30. The van der Waals surface area contributed by atoms with Crippen LogP contribution in [-0.4, -0.2) is 46.5 Å². The molecule has 0 radical (unpaired) electrons. The maximum atomic E-state index is 13.7. The molecule has 0 saturated carbocycles. The number of halogens is 1. The zero-order valence-corrected chi connectivity index (χ0v) is 21.4. The number of nitrogens with zero attached hydrogens (tertiary/aromatic N) is 1. The monoisotopic (exact) mass is 518 g/mol. The van der Waals surface area contributed by atoms with Gasteiger partial charge in [-0.15, -0.1) is 0 Å². The number of carbonyl (C=O) groups excluding carboxylic acids is 1. The molecule has 10 heteroatoms. The van der Waals surface area contributed by atoms with E-state index < -0.39 is 22.5 Å². The number of hydrogen-bond acceptors (Lipinski definition) is 6. The summed E-state index contributed by atoms with van der Waals surface area (Å²) in [5.74, 6) is 0.264. The molecule has 0 heterocycles. The molecule has 0 aliphatic heterocycles. The fourth-order valence-corrected chi connectivity index (χ4v) is 5.30. The number of aryl methyl sites for hydroxylation is 1. The van der Waals surface area contributed by atoms with Gasteiger partial charge in [-0.1, -0.05) is 48.0 Å². The van der Waals surface area contributed by atoms with Gasteiger partial charge in [-0.3, -0.25) is 4.79 Å². The van der Waals surface area contributed by atoms with Gasteiger partial charge < -0.3 is 19.5 Å². The summed E-state index contributed by atoms with van der Waals surface area (Å²) in [6.07, 6.45) is 0. The lowest BCUT2D eigenvalue weighted by Crippen LogP contribution is -2.37. The number of ether oxygens (including phenoxy) is 3. The van der Waals surface area contributed by atoms with Crippen molar-refractivity contribution in [2.75, 3.05) is 33.2 Å². The predicted molar refractivity (Wildman–Crippen MR) is 135 cm³/mol. The van der Waals surface area contributed by atoms with Crippen LogP contribution >= 0.6 is 11.6 Å². The number of benzene rings is 3. The number of sulfonamides is 1. The van der Waals surface area contributed by atoms with Crippen LogP contribution < -0.4 is 19.5 Å². The Kier molecular flexibility index (Phi) is 8.61. The van der Waals surface area contributed by atoms with Gasteiger partial charge in [0.15, 0.2) is 0 Å². The average Bonchev–Trinajstić information content (AvgIpc) is 2.85. The summed E-state index contributed by atoms with van der Waals surface area (Å²) in [7, 11) is 0.166. The Labute approximate surface area is 210 Å². The van der Waals surface area contributed by atoms with Gasteiger partial charge in [0.2, 0.25) is 15.9 Å². The summed E-state index contributed by atoms with van der Waals surface area (Å²) in [6.45, 7) is 1.31. The minimum atomic E-state index is -4.12. The third-order valence-electron chi connectivity index (χ3n) is 5.21. The first-order valence-corrected chi connectivity index (χ1v) is 12.4. The second-order valence-corrected chi connectivity index (χ2v) is 9.96. The summed E-state index contributed by atoms with van der Waals surface area (Å²) in [5.41, 5.74) is 1.76. The van der Waals surface area contributed by atoms with Gasteiger partial charge in [0.05, 0.1) is 38.6 Å². The van der Waals surface area contributed by atoms with Crippen molar-refractivity contribution in [3.8, 4) is 17.2 Å². The zero-order chi connectivity index (χ0) is 25.6. The summed E-state index contributed by atoms with van der Waals surface area (Å²) in [5, 5.41) is 3.01. The molecule has 0 atom stereocenters. The van der Waals surface area contributed by atoms with Gasteiger partial charge in [-0.05, 0) is 30.2 Å². The number of anilines is 1. The molecule has 35 heavy (non-hydrogen) atoms. The highest BCUT2D eigenvalue weighted by molar-refractivity contribution is 7.89. The van der Waals surface area contributed by atoms with E-state index in [2.05, 4.69) is 5.32 Å². The Morgan fingerprint density at radius 3 is 2.20 bits per heavy atom. The molecule has 3 rings (SSSR count). The molecule has 1 N–H and O–H groups in total. The summed E-state index contributed by atoms with van der Waals surface area (Å²) >= 11 is 6.14. The van der Waals surface area contributed by atoms with Crippen molar-refractivity contribution in [3.63, 3.8) is 0 Å². The van der Waals surface area contributed by atoms with E-state index in [1.54, 1.807) is 43.3 Å². The van der Waals surface area contributed by atoms with E-state index >= 15 is 0 Å². The lowest BCUT2D eigenvalue weighted by Gasteiger charge is -2.23. The fourth-order valence-electron chi connectivity index (χ4n) is 3.45. The van der Waals surface area contributed by atoms with E-state index in [9.17, 15) is 13.2 Å². The van der Waals surface area contributed by atoms with Crippen LogP contribution in [0.1, 0.15) is 11.1 Å². The van der Waals surface area contributed by atoms with E-state index in [1.807, 2.05) is 6.07 Å². The molecule has 3 aromatic carbocycles. The average molecular weight is 519 g/mol. The number of rotatable bonds is 10. The van der Waals surface area contributed by atoms with E-state index in [0.29, 0.717) is 22.2 Å². The Balaban J connectivity index is 1.97. The zero-order valence-electron chi connectivity index (χ0n) is 19.9. The Morgan fingerprint density at radius 2 is 1.57 bits per heavy atom. The molecule has 186 valence electrons. The molecule has 0 unspecified atom stereocenters. The van der Waals surface area contributed by atoms with Gasteiger partial charge in [0.25, 0.3) is 0 Å². The van der Waals surface area contributed by atoms with E-state index in [4.69, 9.17) is 25.8 Å². The lowest BCUT2D eigenvalue weighted by atomic mass is 10.2. The number of nitrogens with one attached hydrogen (secondary N) is 1. The Bertz CT molecular complexity index is 1300. The van der Waals surface area contributed by atoms with E-state index in [0.717, 1.165) is 15.4 Å². The van der Waals surface area contributed by atoms with Gasteiger partial charge in [0, 0.05) is 18.7 Å². The second-order valence-electron chi connectivity index (χ2n) is 7.65. The lowest BCUT2D eigenvalue weighted by molar-refractivity contribution is -0.116. The molecule has 1 amide bonds. The van der Waals surface area contributed by atoms with E-state index in [1.165, 1.54) is 39.5 Å². The minimum Gasteiger partial charge on any atom is -0.495 e. The molecule has 0 aromatic heterocycles. The highest BCUT2D eigenvalue weighted by atomic mass is 35.5. The number of carbonyl (C=O) groups is 1. The smallest absolute Gasteiger partial charge is 0.247 e. The Morgan fingerprint density at radius 1 is 0.914 bits per heavy atom. The van der Waals surface area contributed by atoms with Crippen LogP contribution in [0.5, 0.6) is 17.2 Å². The molecule has 8 nitrogen and oxygen atoms in total. The van der Waals surface area contributed by atoms with Crippen molar-refractivity contribution in [2.24, 2.45) is 0 Å². The molecular weight excluding hydrogens is 492 g/mol. The van der Waals surface area contributed by atoms with Crippen LogP contribution in [0.3, 0.4) is 0 Å². The van der Waals surface area contributed by atoms with Crippen LogP contribution in [0.15, 0.2) is 65.6 Å². The third-order valence-corrected chi connectivity index (χ3v) is 7.31. The molecule has 0 aliphatic carbocycles. The minimum absolute atomic E-state index is 0.0190. The largest absolute Gasteiger partial charge is 0.495 e. The first-order valence-electron chi connectivity index (χ1n) is 10.6. The van der Waals surface area contributed by atoms with Crippen LogP contribution in [0.25, 0.3) is 0 Å². The maximum absolute atomic E-state index is 13.7. The van der Waals surface area contributed by atoms with Gasteiger partial charge >= 0.3 is 0 Å². The number of methoxy groups -OCH3 is 3. The maximum Gasteiger partial charge on any atom is 0.247 e. The Hall–Kier alpha value is -3.27. The third kappa shape index (κ3) is 6.25. The highest BCUT2D eigenvalue weighted by Crippen LogP contribution is 2.36. The van der Waals surface area contributed by atoms with Crippen molar-refractivity contribution in [1.29, 1.82) is 0 Å². The topological polar surface area (TPSA) is 94.2 Å². The van der Waals surface area contributed by atoms with Crippen molar-refractivity contribution < 1.29 is 27.4 Å². The van der Waals surface area contributed by atoms with Crippen LogP contribution in [0.4, 0.5) is 5.69 Å². The van der Waals surface area contributed by atoms with Crippen molar-refractivity contribution in [3.05, 3.63) is 76.8 Å². The van der Waals surface area contributed by atoms with Crippen molar-refractivity contribution in [1.82, 2.24) is 4.31 Å². The summed E-state index contributed by atoms with van der Waals surface area (Å²) in [6, 6.07) is 16.9. The molecule has 0 saturated heterocycles. The van der Waals surface area contributed by atoms with Gasteiger partial charge in [0.1, 0.15) is 22.1 Å². The molecular formula is C25H27ClN2O6S. The standard InChI is InChI=1S/C25H27ClN2O6S/c1-17-10-11-21(32-2)24(12-17)35(30,31)28(15-18-8-6-5-7-9-18)16-25(29)27-20-14-22(33-3)19(26)13-23(20)34-4/h5-14H,15-16H2,1-4H3,(H,27,29). The van der Waals surface area contributed by atoms with Crippen LogP contribution in [0, 0.1) is 6.92 Å². The molecule has 3 aromatic rings. The summed E-state index contributed by atoms with van der Waals surface area (Å²) in [4.78, 5) is 13.1. The van der Waals surface area contributed by atoms with Crippen LogP contribution in [0.2, 0.25) is 5.02 Å². The van der Waals surface area contributed by atoms with Crippen molar-refractivity contribution in [2.45, 2.75) is 18.4 Å². The van der Waals surface area contributed by atoms with E-state index in [-0.39, 0.29) is 17.2 Å². The number of hydrogen-bond donors (Lipinski definition) is 1. The number of amides is 1. The first-order chi connectivity index (χ1) is 16.7. The molecule has 0 bridgehead atoms. The quantitative estimate of drug-likeness (QED) is 0.424. The van der Waals surface area contributed by atoms with Gasteiger partial charge in [-0.2, -0.15) is 4.31 Å². The summed E-state index contributed by atoms with van der Waals surface area (Å²) < 4.78 is 44.4. The molecule has 0 fully saturated rings. The fraction of sp³-hybridized carbons (Fsp3) is 0.240. The molecule has 0 aliphatic rings. The van der Waals surface area contributed by atoms with Crippen molar-refractivity contribution >= 4 is 33.2 Å². The first kappa shape index (κ1) is 26.3. The molecule has 0 spiro atoms. The SMILES string of the molecule is COc1cc(NC(=O)CN(Cc2ccccc2)S(=O)(=O)c2cc(C)ccc2OC)c(OC)cc1Cl. The van der Waals surface area contributed by atoms with Crippen LogP contribution in [-0.2, 0) is 21.4 Å². The normalized spacial score (nSPS) is 11.3.